The maximum atomic E-state index is 12.4. The molecule has 0 unspecified atom stereocenters. The Morgan fingerprint density at radius 3 is 2.59 bits per heavy atom. The Balaban J connectivity index is 3.10. The summed E-state index contributed by atoms with van der Waals surface area (Å²) in [6, 6.07) is 0.776. The Bertz CT molecular complexity index is 433. The molecule has 0 fully saturated rings. The van der Waals surface area contributed by atoms with Gasteiger partial charge in [0, 0.05) is 7.05 Å². The van der Waals surface area contributed by atoms with Gasteiger partial charge in [0.2, 0.25) is 5.91 Å². The average Bonchev–Trinajstić information content (AvgIpc) is 2.15. The van der Waals surface area contributed by atoms with E-state index in [1.54, 1.807) is 0 Å². The summed E-state index contributed by atoms with van der Waals surface area (Å²) in [5, 5.41) is 0. The van der Waals surface area contributed by atoms with Crippen LogP contribution in [0.1, 0.15) is 5.69 Å². The highest BCUT2D eigenvalue weighted by Crippen LogP contribution is 2.32. The molecule has 0 spiro atoms. The van der Waals surface area contributed by atoms with E-state index in [9.17, 15) is 18.0 Å². The molecule has 0 aromatic carbocycles. The van der Waals surface area contributed by atoms with Crippen molar-refractivity contribution >= 4 is 17.3 Å². The summed E-state index contributed by atoms with van der Waals surface area (Å²) in [7, 11) is 1.41. The lowest BCUT2D eigenvalue weighted by atomic mass is 10.2. The van der Waals surface area contributed by atoms with Crippen LogP contribution in [0.4, 0.5) is 24.5 Å². The van der Waals surface area contributed by atoms with Crippen LogP contribution in [0.25, 0.3) is 0 Å². The van der Waals surface area contributed by atoms with E-state index in [0.29, 0.717) is 0 Å². The van der Waals surface area contributed by atoms with Crippen LogP contribution in [0.3, 0.4) is 0 Å². The molecule has 94 valence electrons. The van der Waals surface area contributed by atoms with Gasteiger partial charge in [-0.25, -0.2) is 4.98 Å². The summed E-state index contributed by atoms with van der Waals surface area (Å²) in [6.07, 6.45) is -3.66. The standard InChI is InChI=1S/C9H11F3N4O/c1-16(4-8(14)17)6-2-7(9(10,11)12)15-3-5(6)13/h2-3H,4,13H2,1H3,(H2,14,17). The lowest BCUT2D eigenvalue weighted by Crippen LogP contribution is -2.31. The van der Waals surface area contributed by atoms with Crippen LogP contribution in [0.2, 0.25) is 0 Å². The zero-order chi connectivity index (χ0) is 13.2. The van der Waals surface area contributed by atoms with Crippen LogP contribution in [-0.4, -0.2) is 24.5 Å². The van der Waals surface area contributed by atoms with Gasteiger partial charge in [0.1, 0.15) is 5.69 Å². The fraction of sp³-hybridized carbons (Fsp3) is 0.333. The van der Waals surface area contributed by atoms with Gasteiger partial charge in [-0.05, 0) is 6.07 Å². The molecule has 0 saturated heterocycles. The molecule has 0 saturated carbocycles. The molecule has 1 heterocycles. The van der Waals surface area contributed by atoms with Crippen molar-refractivity contribution in [2.75, 3.05) is 24.2 Å². The van der Waals surface area contributed by atoms with Gasteiger partial charge in [-0.1, -0.05) is 0 Å². The number of primary amides is 1. The van der Waals surface area contributed by atoms with E-state index in [4.69, 9.17) is 11.5 Å². The predicted molar refractivity (Wildman–Crippen MR) is 56.1 cm³/mol. The van der Waals surface area contributed by atoms with Gasteiger partial charge in [0.05, 0.1) is 24.1 Å². The number of rotatable bonds is 3. The molecule has 0 bridgehead atoms. The Labute approximate surface area is 95.2 Å². The number of hydrogen-bond donors (Lipinski definition) is 2. The molecule has 1 rings (SSSR count). The van der Waals surface area contributed by atoms with Gasteiger partial charge < -0.3 is 16.4 Å². The third-order valence-corrected chi connectivity index (χ3v) is 2.01. The largest absolute Gasteiger partial charge is 0.433 e. The van der Waals surface area contributed by atoms with E-state index in [1.165, 1.54) is 11.9 Å². The molecule has 0 atom stereocenters. The second-order valence-corrected chi connectivity index (χ2v) is 3.45. The highest BCUT2D eigenvalue weighted by molar-refractivity contribution is 5.81. The number of anilines is 2. The van der Waals surface area contributed by atoms with Gasteiger partial charge in [-0.15, -0.1) is 0 Å². The van der Waals surface area contributed by atoms with Crippen molar-refractivity contribution in [1.29, 1.82) is 0 Å². The highest BCUT2D eigenvalue weighted by Gasteiger charge is 2.33. The van der Waals surface area contributed by atoms with E-state index in [0.717, 1.165) is 12.3 Å². The number of amides is 1. The van der Waals surface area contributed by atoms with Gasteiger partial charge in [0.25, 0.3) is 0 Å². The van der Waals surface area contributed by atoms with Crippen LogP contribution in [-0.2, 0) is 11.0 Å². The highest BCUT2D eigenvalue weighted by atomic mass is 19.4. The normalized spacial score (nSPS) is 11.3. The van der Waals surface area contributed by atoms with Gasteiger partial charge in [-0.3, -0.25) is 4.79 Å². The zero-order valence-electron chi connectivity index (χ0n) is 8.95. The Hall–Kier alpha value is -1.99. The van der Waals surface area contributed by atoms with Crippen LogP contribution in [0.5, 0.6) is 0 Å². The first-order chi connectivity index (χ1) is 7.71. The summed E-state index contributed by atoms with van der Waals surface area (Å²) in [6.45, 7) is -0.231. The first-order valence-electron chi connectivity index (χ1n) is 4.54. The van der Waals surface area contributed by atoms with E-state index < -0.39 is 17.8 Å². The van der Waals surface area contributed by atoms with Crippen molar-refractivity contribution < 1.29 is 18.0 Å². The number of nitrogen functional groups attached to an aromatic ring is 1. The molecule has 1 amide bonds. The summed E-state index contributed by atoms with van der Waals surface area (Å²) in [4.78, 5) is 15.1. The molecule has 4 N–H and O–H groups in total. The van der Waals surface area contributed by atoms with Crippen molar-refractivity contribution in [2.24, 2.45) is 5.73 Å². The molecular weight excluding hydrogens is 237 g/mol. The minimum Gasteiger partial charge on any atom is -0.396 e. The monoisotopic (exact) mass is 248 g/mol. The first-order valence-corrected chi connectivity index (χ1v) is 4.54. The second-order valence-electron chi connectivity index (χ2n) is 3.45. The van der Waals surface area contributed by atoms with E-state index in [1.807, 2.05) is 0 Å². The van der Waals surface area contributed by atoms with Crippen molar-refractivity contribution in [3.8, 4) is 0 Å². The number of likely N-dealkylation sites (N-methyl/N-ethyl adjacent to an activating group) is 1. The Kier molecular flexibility index (Phi) is 3.45. The van der Waals surface area contributed by atoms with Crippen LogP contribution in [0, 0.1) is 0 Å². The smallest absolute Gasteiger partial charge is 0.396 e. The third kappa shape index (κ3) is 3.23. The van der Waals surface area contributed by atoms with E-state index in [2.05, 4.69) is 4.98 Å². The molecule has 0 aliphatic carbocycles. The fourth-order valence-electron chi connectivity index (χ4n) is 1.26. The van der Waals surface area contributed by atoms with Gasteiger partial charge in [0.15, 0.2) is 0 Å². The topological polar surface area (TPSA) is 85.2 Å². The molecule has 1 aromatic rings. The van der Waals surface area contributed by atoms with Crippen LogP contribution < -0.4 is 16.4 Å². The fourth-order valence-corrected chi connectivity index (χ4v) is 1.26. The molecule has 0 aliphatic heterocycles. The molecule has 1 aromatic heterocycles. The molecule has 17 heavy (non-hydrogen) atoms. The van der Waals surface area contributed by atoms with Crippen molar-refractivity contribution in [1.82, 2.24) is 4.98 Å². The predicted octanol–water partition coefficient (Wildman–Crippen LogP) is 0.604. The lowest BCUT2D eigenvalue weighted by Gasteiger charge is -2.20. The number of aromatic nitrogens is 1. The second kappa shape index (κ2) is 4.48. The maximum Gasteiger partial charge on any atom is 0.433 e. The summed E-state index contributed by atoms with van der Waals surface area (Å²) >= 11 is 0. The van der Waals surface area contributed by atoms with Crippen LogP contribution in [0.15, 0.2) is 12.3 Å². The number of nitrogens with zero attached hydrogens (tertiary/aromatic N) is 2. The number of hydrogen-bond acceptors (Lipinski definition) is 4. The number of alkyl halides is 3. The molecule has 5 nitrogen and oxygen atoms in total. The lowest BCUT2D eigenvalue weighted by molar-refractivity contribution is -0.141. The number of pyridine rings is 1. The third-order valence-electron chi connectivity index (χ3n) is 2.01. The number of carbonyl (C=O) groups is 1. The minimum absolute atomic E-state index is 0.0433. The van der Waals surface area contributed by atoms with E-state index >= 15 is 0 Å². The molecule has 8 heteroatoms. The average molecular weight is 248 g/mol. The summed E-state index contributed by atoms with van der Waals surface area (Å²) < 4.78 is 37.2. The number of halogens is 3. The minimum atomic E-state index is -4.56. The van der Waals surface area contributed by atoms with Gasteiger partial charge in [-0.2, -0.15) is 13.2 Å². The van der Waals surface area contributed by atoms with Gasteiger partial charge >= 0.3 is 6.18 Å². The van der Waals surface area contributed by atoms with E-state index in [-0.39, 0.29) is 17.9 Å². The maximum absolute atomic E-state index is 12.4. The van der Waals surface area contributed by atoms with Crippen molar-refractivity contribution in [3.05, 3.63) is 18.0 Å². The molecule has 0 aliphatic rings. The Morgan fingerprint density at radius 1 is 1.53 bits per heavy atom. The summed E-state index contributed by atoms with van der Waals surface area (Å²) in [5.41, 5.74) is 9.46. The number of carbonyl (C=O) groups excluding carboxylic acids is 1. The quantitative estimate of drug-likeness (QED) is 0.820. The zero-order valence-corrected chi connectivity index (χ0v) is 8.95. The number of nitrogens with two attached hydrogens (primary N) is 2. The van der Waals surface area contributed by atoms with Crippen molar-refractivity contribution in [3.63, 3.8) is 0 Å². The van der Waals surface area contributed by atoms with Crippen LogP contribution >= 0.6 is 0 Å². The molecular formula is C9H11F3N4O. The summed E-state index contributed by atoms with van der Waals surface area (Å²) in [5.74, 6) is -0.669. The Morgan fingerprint density at radius 2 is 2.12 bits per heavy atom. The first kappa shape index (κ1) is 13.1. The molecule has 0 radical (unpaired) electrons. The SMILES string of the molecule is CN(CC(N)=O)c1cc(C(F)(F)F)ncc1N. The van der Waals surface area contributed by atoms with Crippen molar-refractivity contribution in [2.45, 2.75) is 6.18 Å².